The fraction of sp³-hybridized carbons (Fsp3) is 0.857. The molecule has 1 aliphatic rings. The maximum absolute atomic E-state index is 11.7. The summed E-state index contributed by atoms with van der Waals surface area (Å²) in [7, 11) is 1.41. The number of methoxy groups -OCH3 is 1. The van der Waals surface area contributed by atoms with Gasteiger partial charge in [0.1, 0.15) is 0 Å². The van der Waals surface area contributed by atoms with Crippen LogP contribution in [0.4, 0.5) is 4.79 Å². The summed E-state index contributed by atoms with van der Waals surface area (Å²) in [5.41, 5.74) is -0.125. The van der Waals surface area contributed by atoms with Gasteiger partial charge in [0.2, 0.25) is 0 Å². The van der Waals surface area contributed by atoms with E-state index in [1.165, 1.54) is 13.5 Å². The van der Waals surface area contributed by atoms with Gasteiger partial charge in [-0.05, 0) is 32.1 Å². The smallest absolute Gasteiger partial charge is 0.315 e. The van der Waals surface area contributed by atoms with E-state index in [0.29, 0.717) is 13.0 Å². The SMILES string of the molecule is COC(=O)CC1(CNC(=O)NC(C)C)CCCCC1. The molecule has 0 aromatic rings. The topological polar surface area (TPSA) is 67.4 Å². The van der Waals surface area contributed by atoms with Crippen LogP contribution in [0.5, 0.6) is 0 Å². The molecular formula is C14H26N2O3. The molecule has 5 heteroatoms. The predicted octanol–water partition coefficient (Wildman–Crippen LogP) is 2.21. The lowest BCUT2D eigenvalue weighted by Gasteiger charge is -2.36. The van der Waals surface area contributed by atoms with E-state index in [9.17, 15) is 9.59 Å². The van der Waals surface area contributed by atoms with Gasteiger partial charge in [-0.25, -0.2) is 4.79 Å². The molecule has 1 rings (SSSR count). The quantitative estimate of drug-likeness (QED) is 0.753. The van der Waals surface area contributed by atoms with Crippen LogP contribution in [0.25, 0.3) is 0 Å². The molecule has 0 saturated heterocycles. The summed E-state index contributed by atoms with van der Waals surface area (Å²) in [6.07, 6.45) is 5.79. The summed E-state index contributed by atoms with van der Waals surface area (Å²) in [5, 5.41) is 5.70. The fourth-order valence-electron chi connectivity index (χ4n) is 2.68. The minimum Gasteiger partial charge on any atom is -0.469 e. The van der Waals surface area contributed by atoms with Gasteiger partial charge >= 0.3 is 12.0 Å². The third-order valence-corrected chi connectivity index (χ3v) is 3.70. The molecule has 0 heterocycles. The second-order valence-electron chi connectivity index (χ2n) is 5.80. The van der Waals surface area contributed by atoms with Gasteiger partial charge in [0.15, 0.2) is 0 Å². The Labute approximate surface area is 115 Å². The average Bonchev–Trinajstić information content (AvgIpc) is 2.37. The van der Waals surface area contributed by atoms with Crippen molar-refractivity contribution in [2.24, 2.45) is 5.41 Å². The molecule has 1 aliphatic carbocycles. The van der Waals surface area contributed by atoms with Crippen LogP contribution in [0.15, 0.2) is 0 Å². The van der Waals surface area contributed by atoms with Crippen LogP contribution in [0, 0.1) is 5.41 Å². The van der Waals surface area contributed by atoms with Crippen molar-refractivity contribution in [3.63, 3.8) is 0 Å². The first-order valence-corrected chi connectivity index (χ1v) is 7.09. The Morgan fingerprint density at radius 1 is 1.21 bits per heavy atom. The van der Waals surface area contributed by atoms with Crippen molar-refractivity contribution in [1.29, 1.82) is 0 Å². The van der Waals surface area contributed by atoms with Gasteiger partial charge in [-0.15, -0.1) is 0 Å². The number of rotatable bonds is 5. The zero-order chi connectivity index (χ0) is 14.3. The third-order valence-electron chi connectivity index (χ3n) is 3.70. The molecule has 1 saturated carbocycles. The molecule has 0 radical (unpaired) electrons. The van der Waals surface area contributed by atoms with Crippen LogP contribution in [0.1, 0.15) is 52.4 Å². The van der Waals surface area contributed by atoms with Crippen molar-refractivity contribution < 1.29 is 14.3 Å². The van der Waals surface area contributed by atoms with Gasteiger partial charge < -0.3 is 15.4 Å². The Morgan fingerprint density at radius 2 is 1.84 bits per heavy atom. The number of hydrogen-bond donors (Lipinski definition) is 2. The summed E-state index contributed by atoms with van der Waals surface area (Å²) in [5.74, 6) is -0.187. The van der Waals surface area contributed by atoms with E-state index >= 15 is 0 Å². The van der Waals surface area contributed by atoms with Crippen LogP contribution in [-0.4, -0.2) is 31.7 Å². The van der Waals surface area contributed by atoms with Crippen LogP contribution >= 0.6 is 0 Å². The number of esters is 1. The van der Waals surface area contributed by atoms with Gasteiger partial charge in [0.25, 0.3) is 0 Å². The van der Waals surface area contributed by atoms with Gasteiger partial charge in [0, 0.05) is 12.6 Å². The van der Waals surface area contributed by atoms with E-state index in [2.05, 4.69) is 10.6 Å². The Balaban J connectivity index is 2.54. The van der Waals surface area contributed by atoms with E-state index in [1.807, 2.05) is 13.8 Å². The molecule has 0 aromatic carbocycles. The lowest BCUT2D eigenvalue weighted by molar-refractivity contribution is -0.144. The molecule has 2 amide bonds. The summed E-state index contributed by atoms with van der Waals surface area (Å²) >= 11 is 0. The summed E-state index contributed by atoms with van der Waals surface area (Å²) < 4.78 is 4.78. The van der Waals surface area contributed by atoms with Crippen molar-refractivity contribution in [3.05, 3.63) is 0 Å². The number of urea groups is 1. The summed E-state index contributed by atoms with van der Waals surface area (Å²) in [6, 6.07) is -0.0484. The monoisotopic (exact) mass is 270 g/mol. The van der Waals surface area contributed by atoms with Crippen molar-refractivity contribution >= 4 is 12.0 Å². The standard InChI is InChI=1S/C14H26N2O3/c1-11(2)16-13(18)15-10-14(9-12(17)19-3)7-5-4-6-8-14/h11H,4-10H2,1-3H3,(H2,15,16,18). The first kappa shape index (κ1) is 15.8. The molecule has 2 N–H and O–H groups in total. The number of nitrogens with one attached hydrogen (secondary N) is 2. The molecule has 110 valence electrons. The molecule has 0 aromatic heterocycles. The minimum absolute atomic E-state index is 0.114. The first-order chi connectivity index (χ1) is 8.97. The highest BCUT2D eigenvalue weighted by atomic mass is 16.5. The van der Waals surface area contributed by atoms with Crippen molar-refractivity contribution in [1.82, 2.24) is 10.6 Å². The van der Waals surface area contributed by atoms with Crippen molar-refractivity contribution in [2.45, 2.75) is 58.4 Å². The van der Waals surface area contributed by atoms with E-state index < -0.39 is 0 Å². The van der Waals surface area contributed by atoms with Crippen molar-refractivity contribution in [3.8, 4) is 0 Å². The van der Waals surface area contributed by atoms with Gasteiger partial charge in [-0.2, -0.15) is 0 Å². The van der Waals surface area contributed by atoms with E-state index in [1.54, 1.807) is 0 Å². The second kappa shape index (κ2) is 7.36. The van der Waals surface area contributed by atoms with E-state index in [4.69, 9.17) is 4.74 Å². The number of hydrogen-bond acceptors (Lipinski definition) is 3. The number of ether oxygens (including phenoxy) is 1. The van der Waals surface area contributed by atoms with E-state index in [0.717, 1.165) is 25.7 Å². The van der Waals surface area contributed by atoms with Gasteiger partial charge in [0.05, 0.1) is 13.5 Å². The molecular weight excluding hydrogens is 244 g/mol. The Bertz CT molecular complexity index is 310. The lowest BCUT2D eigenvalue weighted by Crippen LogP contribution is -2.46. The van der Waals surface area contributed by atoms with Crippen molar-refractivity contribution in [2.75, 3.05) is 13.7 Å². The normalized spacial score (nSPS) is 17.9. The highest BCUT2D eigenvalue weighted by molar-refractivity contribution is 5.74. The van der Waals surface area contributed by atoms with Gasteiger partial charge in [-0.3, -0.25) is 4.79 Å². The summed E-state index contributed by atoms with van der Waals surface area (Å²) in [4.78, 5) is 23.2. The Morgan fingerprint density at radius 3 is 2.37 bits per heavy atom. The highest BCUT2D eigenvalue weighted by Crippen LogP contribution is 2.39. The molecule has 0 bridgehead atoms. The van der Waals surface area contributed by atoms with Gasteiger partial charge in [-0.1, -0.05) is 19.3 Å². The predicted molar refractivity (Wildman–Crippen MR) is 73.8 cm³/mol. The van der Waals surface area contributed by atoms with Crippen LogP contribution in [-0.2, 0) is 9.53 Å². The largest absolute Gasteiger partial charge is 0.469 e. The molecule has 0 unspecified atom stereocenters. The Kier molecular flexibility index (Phi) is 6.12. The maximum Gasteiger partial charge on any atom is 0.315 e. The molecule has 5 nitrogen and oxygen atoms in total. The molecule has 0 atom stereocenters. The van der Waals surface area contributed by atoms with E-state index in [-0.39, 0.29) is 23.5 Å². The minimum atomic E-state index is -0.187. The Hall–Kier alpha value is -1.26. The number of amides is 2. The fourth-order valence-corrected chi connectivity index (χ4v) is 2.68. The molecule has 0 aliphatic heterocycles. The number of carbonyl (C=O) groups excluding carboxylic acids is 2. The molecule has 1 fully saturated rings. The van der Waals surface area contributed by atoms with Crippen LogP contribution in [0.2, 0.25) is 0 Å². The molecule has 19 heavy (non-hydrogen) atoms. The highest BCUT2D eigenvalue weighted by Gasteiger charge is 2.35. The molecule has 0 spiro atoms. The third kappa shape index (κ3) is 5.49. The number of carbonyl (C=O) groups is 2. The summed E-state index contributed by atoms with van der Waals surface area (Å²) in [6.45, 7) is 4.38. The average molecular weight is 270 g/mol. The van der Waals surface area contributed by atoms with Crippen LogP contribution < -0.4 is 10.6 Å². The second-order valence-corrected chi connectivity index (χ2v) is 5.80. The first-order valence-electron chi connectivity index (χ1n) is 7.09. The zero-order valence-electron chi connectivity index (χ0n) is 12.3. The maximum atomic E-state index is 11.7. The lowest BCUT2D eigenvalue weighted by atomic mass is 9.71. The van der Waals surface area contributed by atoms with Crippen LogP contribution in [0.3, 0.4) is 0 Å². The zero-order valence-corrected chi connectivity index (χ0v) is 12.3.